The molecule has 1 fully saturated rings. The number of rotatable bonds is 2. The lowest BCUT2D eigenvalue weighted by Crippen LogP contribution is -2.14. The summed E-state index contributed by atoms with van der Waals surface area (Å²) in [6, 6.07) is 5.29. The molecule has 0 amide bonds. The molecule has 0 saturated carbocycles. The van der Waals surface area contributed by atoms with E-state index in [2.05, 4.69) is 30.8 Å². The first-order valence-electron chi connectivity index (χ1n) is 5.79. The Bertz CT molecular complexity index is 546. The van der Waals surface area contributed by atoms with Gasteiger partial charge < -0.3 is 15.0 Å². The molecule has 0 radical (unpaired) electrons. The number of imidazole rings is 1. The summed E-state index contributed by atoms with van der Waals surface area (Å²) in [6.07, 6.45) is 1.20. The van der Waals surface area contributed by atoms with Crippen LogP contribution in [0, 0.1) is 5.92 Å². The highest BCUT2D eigenvalue weighted by Crippen LogP contribution is 2.25. The van der Waals surface area contributed by atoms with Crippen LogP contribution in [-0.4, -0.2) is 27.7 Å². The number of hydrogen-bond donors (Lipinski definition) is 2. The van der Waals surface area contributed by atoms with Gasteiger partial charge in [0, 0.05) is 12.6 Å². The number of phenolic OH excluding ortho intramolecular Hbond substituents is 1. The van der Waals surface area contributed by atoms with Gasteiger partial charge in [0.1, 0.15) is 5.75 Å². The van der Waals surface area contributed by atoms with Crippen LogP contribution in [0.5, 0.6) is 5.75 Å². The molecule has 17 heavy (non-hydrogen) atoms. The molecule has 4 nitrogen and oxygen atoms in total. The van der Waals surface area contributed by atoms with Crippen LogP contribution in [-0.2, 0) is 6.54 Å². The first-order valence-corrected chi connectivity index (χ1v) is 6.59. The maximum atomic E-state index is 9.56. The molecule has 2 heterocycles. The van der Waals surface area contributed by atoms with Gasteiger partial charge in [-0.15, -0.1) is 0 Å². The van der Waals surface area contributed by atoms with E-state index in [1.54, 1.807) is 12.1 Å². The first-order chi connectivity index (χ1) is 8.24. The minimum atomic E-state index is 0.288. The minimum Gasteiger partial charge on any atom is -0.508 e. The Balaban J connectivity index is 2.01. The molecule has 3 rings (SSSR count). The van der Waals surface area contributed by atoms with Crippen molar-refractivity contribution in [2.45, 2.75) is 13.0 Å². The summed E-state index contributed by atoms with van der Waals surface area (Å²) in [7, 11) is 0. The summed E-state index contributed by atoms with van der Waals surface area (Å²) in [5, 5.41) is 12.9. The Hall–Kier alpha value is -1.07. The molecule has 1 aromatic carbocycles. The van der Waals surface area contributed by atoms with Crippen molar-refractivity contribution in [3.63, 3.8) is 0 Å². The number of nitrogens with one attached hydrogen (secondary N) is 1. The molecular weight excluding hydrogens is 282 g/mol. The van der Waals surface area contributed by atoms with Gasteiger partial charge in [0.25, 0.3) is 0 Å². The lowest BCUT2D eigenvalue weighted by molar-refractivity contribution is 0.472. The lowest BCUT2D eigenvalue weighted by atomic mass is 10.1. The van der Waals surface area contributed by atoms with Crippen LogP contribution < -0.4 is 5.32 Å². The van der Waals surface area contributed by atoms with Crippen LogP contribution in [0.2, 0.25) is 0 Å². The minimum absolute atomic E-state index is 0.288. The van der Waals surface area contributed by atoms with Crippen LogP contribution in [0.1, 0.15) is 6.42 Å². The highest BCUT2D eigenvalue weighted by molar-refractivity contribution is 9.10. The SMILES string of the molecule is Oc1ccc2nc(Br)n(CC3CCNC3)c2c1. The van der Waals surface area contributed by atoms with E-state index >= 15 is 0 Å². The fourth-order valence-electron chi connectivity index (χ4n) is 2.38. The summed E-state index contributed by atoms with van der Waals surface area (Å²) in [4.78, 5) is 4.44. The van der Waals surface area contributed by atoms with Crippen molar-refractivity contribution in [1.29, 1.82) is 0 Å². The van der Waals surface area contributed by atoms with Gasteiger partial charge in [0.05, 0.1) is 11.0 Å². The van der Waals surface area contributed by atoms with Crippen molar-refractivity contribution in [3.8, 4) is 5.75 Å². The molecule has 1 aliphatic rings. The zero-order valence-corrected chi connectivity index (χ0v) is 10.9. The Morgan fingerprint density at radius 3 is 3.18 bits per heavy atom. The van der Waals surface area contributed by atoms with Crippen LogP contribution in [0.25, 0.3) is 11.0 Å². The molecule has 0 spiro atoms. The zero-order valence-electron chi connectivity index (χ0n) is 9.36. The first kappa shape index (κ1) is 11.0. The van der Waals surface area contributed by atoms with E-state index in [0.717, 1.165) is 35.4 Å². The molecule has 90 valence electrons. The standard InChI is InChI=1S/C12H14BrN3O/c13-12-15-10-2-1-9(17)5-11(10)16(12)7-8-3-4-14-6-8/h1-2,5,8,14,17H,3-4,6-7H2. The maximum absolute atomic E-state index is 9.56. The summed E-state index contributed by atoms with van der Waals surface area (Å²) >= 11 is 3.49. The third-order valence-electron chi connectivity index (χ3n) is 3.29. The zero-order chi connectivity index (χ0) is 11.8. The van der Waals surface area contributed by atoms with Gasteiger partial charge in [-0.3, -0.25) is 0 Å². The number of hydrogen-bond acceptors (Lipinski definition) is 3. The Labute approximate surface area is 108 Å². The predicted molar refractivity (Wildman–Crippen MR) is 70.1 cm³/mol. The van der Waals surface area contributed by atoms with E-state index in [1.807, 2.05) is 6.07 Å². The molecule has 1 aromatic heterocycles. The molecule has 1 unspecified atom stereocenters. The molecule has 0 bridgehead atoms. The van der Waals surface area contributed by atoms with Crippen LogP contribution in [0.4, 0.5) is 0 Å². The molecule has 2 aromatic rings. The second kappa shape index (κ2) is 4.31. The second-order valence-corrected chi connectivity index (χ2v) is 5.23. The van der Waals surface area contributed by atoms with E-state index in [9.17, 15) is 5.11 Å². The normalized spacial score (nSPS) is 20.2. The van der Waals surface area contributed by atoms with Gasteiger partial charge in [-0.25, -0.2) is 4.98 Å². The Kier molecular flexibility index (Phi) is 2.80. The molecule has 2 N–H and O–H groups in total. The summed E-state index contributed by atoms with van der Waals surface area (Å²) in [5.74, 6) is 0.932. The van der Waals surface area contributed by atoms with Crippen molar-refractivity contribution < 1.29 is 5.11 Å². The van der Waals surface area contributed by atoms with Gasteiger partial charge in [-0.05, 0) is 53.5 Å². The fourth-order valence-corrected chi connectivity index (χ4v) is 2.91. The number of aromatic nitrogens is 2. The third-order valence-corrected chi connectivity index (χ3v) is 3.89. The predicted octanol–water partition coefficient (Wildman–Crippen LogP) is 2.11. The smallest absolute Gasteiger partial charge is 0.178 e. The molecule has 5 heteroatoms. The summed E-state index contributed by atoms with van der Waals surface area (Å²) < 4.78 is 2.97. The number of aromatic hydroxyl groups is 1. The van der Waals surface area contributed by atoms with Crippen molar-refractivity contribution in [1.82, 2.24) is 14.9 Å². The fraction of sp³-hybridized carbons (Fsp3) is 0.417. The van der Waals surface area contributed by atoms with Gasteiger partial charge in [0.15, 0.2) is 4.73 Å². The lowest BCUT2D eigenvalue weighted by Gasteiger charge is -2.11. The van der Waals surface area contributed by atoms with E-state index in [-0.39, 0.29) is 5.75 Å². The van der Waals surface area contributed by atoms with Gasteiger partial charge in [-0.2, -0.15) is 0 Å². The van der Waals surface area contributed by atoms with E-state index in [0.29, 0.717) is 5.92 Å². The maximum Gasteiger partial charge on any atom is 0.178 e. The van der Waals surface area contributed by atoms with Gasteiger partial charge in [0.2, 0.25) is 0 Å². The van der Waals surface area contributed by atoms with Gasteiger partial charge in [-0.1, -0.05) is 0 Å². The van der Waals surface area contributed by atoms with E-state index < -0.39 is 0 Å². The molecule has 1 atom stereocenters. The van der Waals surface area contributed by atoms with Crippen LogP contribution in [0.15, 0.2) is 22.9 Å². The van der Waals surface area contributed by atoms with Crippen LogP contribution in [0.3, 0.4) is 0 Å². The van der Waals surface area contributed by atoms with Crippen molar-refractivity contribution in [2.75, 3.05) is 13.1 Å². The monoisotopic (exact) mass is 295 g/mol. The molecule has 0 aliphatic carbocycles. The Morgan fingerprint density at radius 1 is 1.53 bits per heavy atom. The average molecular weight is 296 g/mol. The van der Waals surface area contributed by atoms with Crippen molar-refractivity contribution >= 4 is 27.0 Å². The largest absolute Gasteiger partial charge is 0.508 e. The topological polar surface area (TPSA) is 50.1 Å². The summed E-state index contributed by atoms with van der Waals surface area (Å²) in [5.41, 5.74) is 1.91. The number of benzene rings is 1. The third kappa shape index (κ3) is 2.05. The molecule has 1 aliphatic heterocycles. The quantitative estimate of drug-likeness (QED) is 0.892. The van der Waals surface area contributed by atoms with E-state index in [1.165, 1.54) is 6.42 Å². The number of fused-ring (bicyclic) bond motifs is 1. The molecule has 1 saturated heterocycles. The average Bonchev–Trinajstić information content (AvgIpc) is 2.90. The Morgan fingerprint density at radius 2 is 2.41 bits per heavy atom. The second-order valence-electron chi connectivity index (χ2n) is 4.52. The van der Waals surface area contributed by atoms with Crippen molar-refractivity contribution in [2.24, 2.45) is 5.92 Å². The van der Waals surface area contributed by atoms with E-state index in [4.69, 9.17) is 0 Å². The summed E-state index contributed by atoms with van der Waals surface area (Å²) in [6.45, 7) is 3.10. The number of nitrogens with zero attached hydrogens (tertiary/aromatic N) is 2. The number of phenols is 1. The highest BCUT2D eigenvalue weighted by Gasteiger charge is 2.18. The van der Waals surface area contributed by atoms with Crippen molar-refractivity contribution in [3.05, 3.63) is 22.9 Å². The van der Waals surface area contributed by atoms with Crippen LogP contribution >= 0.6 is 15.9 Å². The van der Waals surface area contributed by atoms with Gasteiger partial charge >= 0.3 is 0 Å². The number of halogens is 1. The molecular formula is C12H14BrN3O. The highest BCUT2D eigenvalue weighted by atomic mass is 79.9.